The van der Waals surface area contributed by atoms with Crippen molar-refractivity contribution < 1.29 is 9.59 Å². The first-order valence-electron chi connectivity index (χ1n) is 6.68. The van der Waals surface area contributed by atoms with Crippen LogP contribution >= 0.6 is 0 Å². The Kier molecular flexibility index (Phi) is 3.58. The van der Waals surface area contributed by atoms with Gasteiger partial charge in [0.2, 0.25) is 6.08 Å². The zero-order chi connectivity index (χ0) is 14.7. The van der Waals surface area contributed by atoms with E-state index >= 15 is 0 Å². The summed E-state index contributed by atoms with van der Waals surface area (Å²) in [6.45, 7) is 1.07. The highest BCUT2D eigenvalue weighted by Gasteiger charge is 2.28. The van der Waals surface area contributed by atoms with Crippen molar-refractivity contribution in [3.05, 3.63) is 59.4 Å². The number of rotatable bonds is 4. The molecule has 5 heteroatoms. The van der Waals surface area contributed by atoms with Crippen molar-refractivity contribution in [1.29, 1.82) is 0 Å². The van der Waals surface area contributed by atoms with E-state index in [0.29, 0.717) is 30.8 Å². The molecule has 0 aliphatic carbocycles. The van der Waals surface area contributed by atoms with Gasteiger partial charge in [0.05, 0.1) is 5.69 Å². The number of nitrogens with zero attached hydrogens (tertiary/aromatic N) is 3. The lowest BCUT2D eigenvalue weighted by atomic mass is 10.1. The lowest BCUT2D eigenvalue weighted by molar-refractivity contribution is 0.0780. The highest BCUT2D eigenvalue weighted by atomic mass is 16.2. The summed E-state index contributed by atoms with van der Waals surface area (Å²) in [4.78, 5) is 32.5. The molecule has 1 aliphatic rings. The van der Waals surface area contributed by atoms with E-state index in [-0.39, 0.29) is 5.91 Å². The summed E-state index contributed by atoms with van der Waals surface area (Å²) in [5.41, 5.74) is 2.89. The Balaban J connectivity index is 1.77. The molecular formula is C16H13N3O2. The number of aromatic nitrogens is 1. The summed E-state index contributed by atoms with van der Waals surface area (Å²) in [6.07, 6.45) is 3.98. The van der Waals surface area contributed by atoms with Crippen molar-refractivity contribution >= 4 is 17.7 Å². The van der Waals surface area contributed by atoms with Gasteiger partial charge in [-0.15, -0.1) is 0 Å². The van der Waals surface area contributed by atoms with Crippen LogP contribution in [0, 0.1) is 0 Å². The van der Waals surface area contributed by atoms with E-state index < -0.39 is 0 Å². The number of carbonyl (C=O) groups excluding carboxylic acids is 2. The highest BCUT2D eigenvalue weighted by Crippen LogP contribution is 2.30. The van der Waals surface area contributed by atoms with Gasteiger partial charge in [0.1, 0.15) is 0 Å². The molecule has 1 aromatic heterocycles. The molecule has 104 valence electrons. The Morgan fingerprint density at radius 2 is 2.14 bits per heavy atom. The lowest BCUT2D eigenvalue weighted by Gasteiger charge is -2.15. The van der Waals surface area contributed by atoms with Gasteiger partial charge in [0, 0.05) is 42.5 Å². The maximum Gasteiger partial charge on any atom is 0.254 e. The summed E-state index contributed by atoms with van der Waals surface area (Å²) in [5, 5.41) is 0. The summed E-state index contributed by atoms with van der Waals surface area (Å²) in [5.74, 6) is -0.0242. The van der Waals surface area contributed by atoms with Crippen LogP contribution in [0.25, 0.3) is 0 Å². The molecule has 1 aromatic carbocycles. The van der Waals surface area contributed by atoms with Crippen LogP contribution in [0.2, 0.25) is 0 Å². The van der Waals surface area contributed by atoms with Gasteiger partial charge >= 0.3 is 0 Å². The van der Waals surface area contributed by atoms with Crippen molar-refractivity contribution in [1.82, 2.24) is 9.88 Å². The second-order valence-corrected chi connectivity index (χ2v) is 4.80. The molecule has 21 heavy (non-hydrogen) atoms. The van der Waals surface area contributed by atoms with Gasteiger partial charge in [-0.25, -0.2) is 4.79 Å². The van der Waals surface area contributed by atoms with Crippen molar-refractivity contribution in [3.63, 3.8) is 0 Å². The molecule has 0 atom stereocenters. The molecule has 5 nitrogen and oxygen atoms in total. The van der Waals surface area contributed by atoms with Gasteiger partial charge < -0.3 is 4.90 Å². The second-order valence-electron chi connectivity index (χ2n) is 4.80. The van der Waals surface area contributed by atoms with E-state index in [1.54, 1.807) is 29.3 Å². The molecule has 0 saturated heterocycles. The van der Waals surface area contributed by atoms with Crippen molar-refractivity contribution in [3.8, 4) is 0 Å². The van der Waals surface area contributed by atoms with Crippen LogP contribution in [0.4, 0.5) is 5.69 Å². The average Bonchev–Trinajstić information content (AvgIpc) is 2.84. The van der Waals surface area contributed by atoms with Crippen molar-refractivity contribution in [2.75, 3.05) is 6.54 Å². The van der Waals surface area contributed by atoms with Gasteiger partial charge in [-0.3, -0.25) is 9.78 Å². The predicted octanol–water partition coefficient (Wildman–Crippen LogP) is 2.25. The van der Waals surface area contributed by atoms with Gasteiger partial charge in [0.25, 0.3) is 5.91 Å². The Hall–Kier alpha value is -2.78. The molecule has 2 heterocycles. The third-order valence-corrected chi connectivity index (χ3v) is 3.55. The highest BCUT2D eigenvalue weighted by molar-refractivity contribution is 5.99. The Morgan fingerprint density at radius 1 is 1.24 bits per heavy atom. The molecular weight excluding hydrogens is 266 g/mol. The third kappa shape index (κ3) is 2.59. The van der Waals surface area contributed by atoms with Crippen LogP contribution in [0.15, 0.2) is 47.6 Å². The molecule has 1 amide bonds. The molecule has 0 N–H and O–H groups in total. The van der Waals surface area contributed by atoms with E-state index in [0.717, 1.165) is 11.3 Å². The molecule has 0 unspecified atom stereocenters. The van der Waals surface area contributed by atoms with Gasteiger partial charge in [0.15, 0.2) is 0 Å². The van der Waals surface area contributed by atoms with E-state index in [1.807, 2.05) is 18.2 Å². The quantitative estimate of drug-likeness (QED) is 0.637. The summed E-state index contributed by atoms with van der Waals surface area (Å²) >= 11 is 0. The van der Waals surface area contributed by atoms with Crippen LogP contribution in [0.3, 0.4) is 0 Å². The minimum absolute atomic E-state index is 0.0242. The van der Waals surface area contributed by atoms with Crippen LogP contribution in [0.1, 0.15) is 21.6 Å². The average molecular weight is 279 g/mol. The Labute approximate surface area is 122 Å². The van der Waals surface area contributed by atoms with Gasteiger partial charge in [-0.05, 0) is 24.3 Å². The second kappa shape index (κ2) is 5.69. The van der Waals surface area contributed by atoms with Gasteiger partial charge in [-0.1, -0.05) is 12.1 Å². The number of aliphatic imine (C=N–C) groups is 1. The molecule has 3 rings (SSSR count). The first-order valence-corrected chi connectivity index (χ1v) is 6.68. The Morgan fingerprint density at radius 3 is 2.90 bits per heavy atom. The molecule has 0 spiro atoms. The van der Waals surface area contributed by atoms with Crippen LogP contribution in [0.5, 0.6) is 0 Å². The number of hydrogen-bond acceptors (Lipinski definition) is 4. The first kappa shape index (κ1) is 13.2. The number of pyridine rings is 1. The number of amides is 1. The van der Waals surface area contributed by atoms with Crippen LogP contribution in [-0.4, -0.2) is 28.4 Å². The molecule has 2 aromatic rings. The molecule has 1 aliphatic heterocycles. The number of hydrogen-bond donors (Lipinski definition) is 0. The zero-order valence-corrected chi connectivity index (χ0v) is 11.3. The molecule has 0 fully saturated rings. The normalized spacial score (nSPS) is 13.0. The van der Waals surface area contributed by atoms with Crippen LogP contribution < -0.4 is 0 Å². The summed E-state index contributed by atoms with van der Waals surface area (Å²) in [7, 11) is 0. The Bertz CT molecular complexity index is 722. The minimum Gasteiger partial charge on any atom is -0.334 e. The first-order chi connectivity index (χ1) is 10.3. The smallest absolute Gasteiger partial charge is 0.254 e. The fraction of sp³-hybridized carbons (Fsp3) is 0.188. The number of carbonyl (C=O) groups is 1. The number of fused-ring (bicyclic) bond motifs is 1. The fourth-order valence-corrected chi connectivity index (χ4v) is 2.50. The maximum atomic E-state index is 12.3. The summed E-state index contributed by atoms with van der Waals surface area (Å²) in [6, 6.07) is 11.0. The predicted molar refractivity (Wildman–Crippen MR) is 76.9 cm³/mol. The largest absolute Gasteiger partial charge is 0.334 e. The van der Waals surface area contributed by atoms with Crippen molar-refractivity contribution in [2.45, 2.75) is 13.0 Å². The SMILES string of the molecule is O=C=Nc1cccc2c1CN(CCc1ccccn1)C2=O. The lowest BCUT2D eigenvalue weighted by Crippen LogP contribution is -2.26. The zero-order valence-electron chi connectivity index (χ0n) is 11.3. The number of benzene rings is 1. The summed E-state index contributed by atoms with van der Waals surface area (Å²) < 4.78 is 0. The molecule has 0 saturated carbocycles. The monoisotopic (exact) mass is 279 g/mol. The maximum absolute atomic E-state index is 12.3. The van der Waals surface area contributed by atoms with Crippen molar-refractivity contribution in [2.24, 2.45) is 4.99 Å². The third-order valence-electron chi connectivity index (χ3n) is 3.55. The van der Waals surface area contributed by atoms with Gasteiger partial charge in [-0.2, -0.15) is 4.99 Å². The van der Waals surface area contributed by atoms with E-state index in [2.05, 4.69) is 9.98 Å². The van der Waals surface area contributed by atoms with E-state index in [9.17, 15) is 9.59 Å². The molecule has 0 radical (unpaired) electrons. The standard InChI is InChI=1S/C16H13N3O2/c20-11-18-15-6-3-5-13-14(15)10-19(16(13)21)9-7-12-4-1-2-8-17-12/h1-6,8H,7,9-10H2. The minimum atomic E-state index is -0.0242. The number of isocyanates is 1. The molecule has 0 bridgehead atoms. The van der Waals surface area contributed by atoms with E-state index in [4.69, 9.17) is 0 Å². The fourth-order valence-electron chi connectivity index (χ4n) is 2.50. The topological polar surface area (TPSA) is 62.6 Å². The van der Waals surface area contributed by atoms with Crippen LogP contribution in [-0.2, 0) is 17.8 Å². The van der Waals surface area contributed by atoms with E-state index in [1.165, 1.54) is 6.08 Å².